The first-order chi connectivity index (χ1) is 6.93. The average Bonchev–Trinajstić information content (AvgIpc) is 2.64. The molecule has 4 nitrogen and oxygen atoms in total. The summed E-state index contributed by atoms with van der Waals surface area (Å²) in [6, 6.07) is 3.11. The molecule has 1 amide bonds. The number of thiophene rings is 1. The zero-order valence-corrected chi connectivity index (χ0v) is 9.67. The zero-order valence-electron chi connectivity index (χ0n) is 8.85. The first kappa shape index (κ1) is 11.7. The van der Waals surface area contributed by atoms with Gasteiger partial charge < -0.3 is 10.0 Å². The van der Waals surface area contributed by atoms with Gasteiger partial charge in [0.25, 0.3) is 5.91 Å². The van der Waals surface area contributed by atoms with Crippen LogP contribution >= 0.6 is 11.3 Å². The number of carbonyl (C=O) groups excluding carboxylic acids is 1. The lowest BCUT2D eigenvalue weighted by Crippen LogP contribution is -2.32. The molecule has 0 radical (unpaired) electrons. The lowest BCUT2D eigenvalue weighted by molar-refractivity contribution is 0.0701. The highest BCUT2D eigenvalue weighted by atomic mass is 32.1. The number of hydrogen-bond donors (Lipinski definition) is 1. The SMILES string of the molecule is CC(C)N(C)C(=O)c1ccc(C(=O)O)s1. The van der Waals surface area contributed by atoms with E-state index in [9.17, 15) is 9.59 Å². The highest BCUT2D eigenvalue weighted by Gasteiger charge is 2.17. The third kappa shape index (κ3) is 2.56. The number of carbonyl (C=O) groups is 2. The van der Waals surface area contributed by atoms with E-state index in [4.69, 9.17) is 5.11 Å². The van der Waals surface area contributed by atoms with Crippen LogP contribution in [-0.2, 0) is 0 Å². The van der Waals surface area contributed by atoms with E-state index in [-0.39, 0.29) is 16.8 Å². The molecule has 1 aromatic rings. The van der Waals surface area contributed by atoms with Gasteiger partial charge in [0, 0.05) is 13.1 Å². The van der Waals surface area contributed by atoms with Crippen molar-refractivity contribution in [3.63, 3.8) is 0 Å². The summed E-state index contributed by atoms with van der Waals surface area (Å²) in [5.41, 5.74) is 0. The molecule has 1 aromatic heterocycles. The van der Waals surface area contributed by atoms with E-state index in [1.165, 1.54) is 6.07 Å². The Morgan fingerprint density at radius 3 is 2.27 bits per heavy atom. The second-order valence-electron chi connectivity index (χ2n) is 3.48. The molecule has 0 aliphatic carbocycles. The van der Waals surface area contributed by atoms with Crippen LogP contribution in [0.4, 0.5) is 0 Å². The number of carboxylic acids is 1. The third-order valence-corrected chi connectivity index (χ3v) is 3.18. The fraction of sp³-hybridized carbons (Fsp3) is 0.400. The largest absolute Gasteiger partial charge is 0.477 e. The molecule has 0 saturated carbocycles. The van der Waals surface area contributed by atoms with Gasteiger partial charge in [0.15, 0.2) is 0 Å². The molecule has 0 bridgehead atoms. The van der Waals surface area contributed by atoms with Crippen LogP contribution in [0.3, 0.4) is 0 Å². The van der Waals surface area contributed by atoms with E-state index < -0.39 is 5.97 Å². The summed E-state index contributed by atoms with van der Waals surface area (Å²) in [5, 5.41) is 8.71. The van der Waals surface area contributed by atoms with Gasteiger partial charge in [0.1, 0.15) is 4.88 Å². The molecule has 15 heavy (non-hydrogen) atoms. The predicted molar refractivity (Wildman–Crippen MR) is 58.5 cm³/mol. The normalized spacial score (nSPS) is 10.4. The van der Waals surface area contributed by atoms with E-state index >= 15 is 0 Å². The minimum absolute atomic E-state index is 0.105. The highest BCUT2D eigenvalue weighted by molar-refractivity contribution is 7.15. The summed E-state index contributed by atoms with van der Waals surface area (Å²) in [5.74, 6) is -1.13. The maximum absolute atomic E-state index is 11.8. The van der Waals surface area contributed by atoms with Crippen molar-refractivity contribution in [3.05, 3.63) is 21.9 Å². The van der Waals surface area contributed by atoms with E-state index in [1.54, 1.807) is 18.0 Å². The first-order valence-electron chi connectivity index (χ1n) is 4.53. The Kier molecular flexibility index (Phi) is 3.47. The summed E-state index contributed by atoms with van der Waals surface area (Å²) in [7, 11) is 1.70. The van der Waals surface area contributed by atoms with Crippen LogP contribution in [0.1, 0.15) is 33.2 Å². The summed E-state index contributed by atoms with van der Waals surface area (Å²) < 4.78 is 0. The van der Waals surface area contributed by atoms with Gasteiger partial charge in [-0.15, -0.1) is 11.3 Å². The molecule has 0 aliphatic heterocycles. The molecule has 1 rings (SSSR count). The van der Waals surface area contributed by atoms with Crippen LogP contribution in [0.15, 0.2) is 12.1 Å². The van der Waals surface area contributed by atoms with Gasteiger partial charge in [-0.25, -0.2) is 4.79 Å². The molecule has 0 atom stereocenters. The van der Waals surface area contributed by atoms with Crippen molar-refractivity contribution in [3.8, 4) is 0 Å². The fourth-order valence-electron chi connectivity index (χ4n) is 0.976. The molecular formula is C10H13NO3S. The maximum Gasteiger partial charge on any atom is 0.345 e. The first-order valence-corrected chi connectivity index (χ1v) is 5.35. The minimum Gasteiger partial charge on any atom is -0.477 e. The van der Waals surface area contributed by atoms with Crippen molar-refractivity contribution in [2.24, 2.45) is 0 Å². The van der Waals surface area contributed by atoms with Gasteiger partial charge in [0.2, 0.25) is 0 Å². The Labute approximate surface area is 92.1 Å². The molecule has 1 N–H and O–H groups in total. The van der Waals surface area contributed by atoms with Gasteiger partial charge in [-0.3, -0.25) is 4.79 Å². The lowest BCUT2D eigenvalue weighted by Gasteiger charge is -2.20. The molecule has 0 aliphatic rings. The van der Waals surface area contributed by atoms with Gasteiger partial charge in [-0.2, -0.15) is 0 Å². The Morgan fingerprint density at radius 2 is 1.87 bits per heavy atom. The average molecular weight is 227 g/mol. The van der Waals surface area contributed by atoms with Crippen molar-refractivity contribution in [2.45, 2.75) is 19.9 Å². The third-order valence-electron chi connectivity index (χ3n) is 2.12. The van der Waals surface area contributed by atoms with Crippen molar-refractivity contribution in [1.29, 1.82) is 0 Å². The van der Waals surface area contributed by atoms with Crippen LogP contribution < -0.4 is 0 Å². The Hall–Kier alpha value is -1.36. The molecule has 0 spiro atoms. The van der Waals surface area contributed by atoms with Crippen LogP contribution in [0.5, 0.6) is 0 Å². The van der Waals surface area contributed by atoms with Crippen molar-refractivity contribution >= 4 is 23.2 Å². The topological polar surface area (TPSA) is 57.6 Å². The van der Waals surface area contributed by atoms with Crippen LogP contribution in [0.2, 0.25) is 0 Å². The standard InChI is InChI=1S/C10H13NO3S/c1-6(2)11(3)9(12)7-4-5-8(15-7)10(13)14/h4-6H,1-3H3,(H,13,14). The maximum atomic E-state index is 11.8. The Bertz CT molecular complexity index is 384. The van der Waals surface area contributed by atoms with E-state index in [2.05, 4.69) is 0 Å². The zero-order chi connectivity index (χ0) is 11.6. The van der Waals surface area contributed by atoms with Crippen LogP contribution in [0.25, 0.3) is 0 Å². The fourth-order valence-corrected chi connectivity index (χ4v) is 1.80. The predicted octanol–water partition coefficient (Wildman–Crippen LogP) is 1.93. The summed E-state index contributed by atoms with van der Waals surface area (Å²) in [4.78, 5) is 24.6. The molecular weight excluding hydrogens is 214 g/mol. The van der Waals surface area contributed by atoms with Crippen molar-refractivity contribution in [2.75, 3.05) is 7.05 Å². The number of aromatic carboxylic acids is 1. The second kappa shape index (κ2) is 4.44. The monoisotopic (exact) mass is 227 g/mol. The van der Waals surface area contributed by atoms with E-state index in [1.807, 2.05) is 13.8 Å². The number of carboxylic acid groups (broad SMARTS) is 1. The number of amides is 1. The quantitative estimate of drug-likeness (QED) is 0.858. The van der Waals surface area contributed by atoms with Gasteiger partial charge in [0.05, 0.1) is 4.88 Å². The van der Waals surface area contributed by atoms with E-state index in [0.717, 1.165) is 11.3 Å². The number of rotatable bonds is 3. The number of nitrogens with zero attached hydrogens (tertiary/aromatic N) is 1. The van der Waals surface area contributed by atoms with E-state index in [0.29, 0.717) is 4.88 Å². The molecule has 0 aromatic carbocycles. The molecule has 0 unspecified atom stereocenters. The highest BCUT2D eigenvalue weighted by Crippen LogP contribution is 2.18. The molecule has 0 fully saturated rings. The number of hydrogen-bond acceptors (Lipinski definition) is 3. The van der Waals surface area contributed by atoms with Gasteiger partial charge in [-0.05, 0) is 26.0 Å². The smallest absolute Gasteiger partial charge is 0.345 e. The molecule has 5 heteroatoms. The molecule has 0 saturated heterocycles. The Morgan fingerprint density at radius 1 is 1.33 bits per heavy atom. The van der Waals surface area contributed by atoms with Crippen LogP contribution in [-0.4, -0.2) is 35.0 Å². The second-order valence-corrected chi connectivity index (χ2v) is 4.56. The molecule has 1 heterocycles. The van der Waals surface area contributed by atoms with Gasteiger partial charge in [-0.1, -0.05) is 0 Å². The molecule has 82 valence electrons. The summed E-state index contributed by atoms with van der Waals surface area (Å²) in [6.45, 7) is 3.81. The minimum atomic E-state index is -0.994. The van der Waals surface area contributed by atoms with Crippen molar-refractivity contribution in [1.82, 2.24) is 4.90 Å². The van der Waals surface area contributed by atoms with Crippen molar-refractivity contribution < 1.29 is 14.7 Å². The van der Waals surface area contributed by atoms with Crippen LogP contribution in [0, 0.1) is 0 Å². The lowest BCUT2D eigenvalue weighted by atomic mass is 10.3. The summed E-state index contributed by atoms with van der Waals surface area (Å²) >= 11 is 1.00. The van der Waals surface area contributed by atoms with Gasteiger partial charge >= 0.3 is 5.97 Å². The summed E-state index contributed by atoms with van der Waals surface area (Å²) in [6.07, 6.45) is 0. The Balaban J connectivity index is 2.88.